The molecule has 1 aromatic rings. The highest BCUT2D eigenvalue weighted by atomic mass is 16.6. The Kier molecular flexibility index (Phi) is 12.6. The van der Waals surface area contributed by atoms with Gasteiger partial charge >= 0.3 is 12.1 Å². The van der Waals surface area contributed by atoms with Crippen LogP contribution in [0, 0.1) is 11.8 Å². The number of carbonyl (C=O) groups is 4. The van der Waals surface area contributed by atoms with Crippen LogP contribution in [0.15, 0.2) is 18.5 Å². The molecule has 0 aliphatic carbocycles. The predicted molar refractivity (Wildman–Crippen MR) is 158 cm³/mol. The summed E-state index contributed by atoms with van der Waals surface area (Å²) < 4.78 is 16.1. The summed E-state index contributed by atoms with van der Waals surface area (Å²) >= 11 is 0. The lowest BCUT2D eigenvalue weighted by Crippen LogP contribution is -2.43. The Morgan fingerprint density at radius 1 is 1.02 bits per heavy atom. The van der Waals surface area contributed by atoms with Crippen molar-refractivity contribution in [3.05, 3.63) is 24.0 Å². The van der Waals surface area contributed by atoms with E-state index in [1.54, 1.807) is 17.3 Å². The summed E-state index contributed by atoms with van der Waals surface area (Å²) in [5.74, 6) is 0.118. The van der Waals surface area contributed by atoms with Gasteiger partial charge in [0.1, 0.15) is 17.1 Å². The number of ether oxygens (including phenoxy) is 3. The van der Waals surface area contributed by atoms with Crippen LogP contribution in [0.3, 0.4) is 0 Å². The van der Waals surface area contributed by atoms with Gasteiger partial charge < -0.3 is 24.0 Å². The quantitative estimate of drug-likeness (QED) is 0.309. The molecule has 0 bridgehead atoms. The standard InChI is InChI=1S/C32H49N3O7/c1-6-16-41-27-17-26(20-33-21-27)25(19-30(38)40-5)18-28(36)24-8-7-13-35(22-24)29(37)10-9-23-11-14-34(15-12-23)31(39)42-32(2,3)4/h17,20-21,23-25H,6-16,18-19,22H2,1-5H3/t24-,25+/m1/s1. The molecule has 0 aromatic carbocycles. The molecule has 3 rings (SSSR count). The molecular weight excluding hydrogens is 538 g/mol. The van der Waals surface area contributed by atoms with Crippen molar-refractivity contribution in [3.8, 4) is 5.75 Å². The molecule has 1 aromatic heterocycles. The summed E-state index contributed by atoms with van der Waals surface area (Å²) in [6.07, 6.45) is 8.58. The molecule has 42 heavy (non-hydrogen) atoms. The maximum atomic E-state index is 13.5. The Hall–Kier alpha value is -3.17. The van der Waals surface area contributed by atoms with E-state index in [9.17, 15) is 19.2 Å². The van der Waals surface area contributed by atoms with E-state index < -0.39 is 5.60 Å². The summed E-state index contributed by atoms with van der Waals surface area (Å²) in [6, 6.07) is 1.85. The summed E-state index contributed by atoms with van der Waals surface area (Å²) in [7, 11) is 1.34. The Morgan fingerprint density at radius 3 is 2.43 bits per heavy atom. The fraction of sp³-hybridized carbons (Fsp3) is 0.719. The van der Waals surface area contributed by atoms with Crippen molar-refractivity contribution in [3.63, 3.8) is 0 Å². The average molecular weight is 588 g/mol. The van der Waals surface area contributed by atoms with E-state index in [0.29, 0.717) is 50.9 Å². The molecule has 0 unspecified atom stereocenters. The number of likely N-dealkylation sites (tertiary alicyclic amines) is 2. The summed E-state index contributed by atoms with van der Waals surface area (Å²) in [5, 5.41) is 0. The lowest BCUT2D eigenvalue weighted by molar-refractivity contribution is -0.141. The highest BCUT2D eigenvalue weighted by Crippen LogP contribution is 2.30. The first-order valence-corrected chi connectivity index (χ1v) is 15.4. The minimum atomic E-state index is -0.512. The number of amides is 2. The second-order valence-corrected chi connectivity index (χ2v) is 12.6. The third kappa shape index (κ3) is 10.6. The van der Waals surface area contributed by atoms with Crippen LogP contribution < -0.4 is 4.74 Å². The van der Waals surface area contributed by atoms with E-state index in [4.69, 9.17) is 14.2 Å². The van der Waals surface area contributed by atoms with Gasteiger partial charge in [0.05, 0.1) is 26.3 Å². The van der Waals surface area contributed by atoms with Crippen molar-refractivity contribution in [1.82, 2.24) is 14.8 Å². The van der Waals surface area contributed by atoms with Crippen LogP contribution in [-0.2, 0) is 23.9 Å². The Labute approximate surface area is 250 Å². The van der Waals surface area contributed by atoms with Crippen molar-refractivity contribution in [1.29, 1.82) is 0 Å². The fourth-order valence-electron chi connectivity index (χ4n) is 5.64. The molecule has 2 amide bonds. The molecule has 2 aliphatic heterocycles. The molecule has 10 nitrogen and oxygen atoms in total. The first-order chi connectivity index (χ1) is 20.0. The number of methoxy groups -OCH3 is 1. The van der Waals surface area contributed by atoms with E-state index in [2.05, 4.69) is 4.98 Å². The topological polar surface area (TPSA) is 115 Å². The zero-order chi connectivity index (χ0) is 30.7. The van der Waals surface area contributed by atoms with Crippen LogP contribution in [0.4, 0.5) is 4.79 Å². The molecule has 0 N–H and O–H groups in total. The third-order valence-corrected chi connectivity index (χ3v) is 8.03. The Balaban J connectivity index is 1.51. The second-order valence-electron chi connectivity index (χ2n) is 12.6. The van der Waals surface area contributed by atoms with Crippen LogP contribution in [0.1, 0.15) is 97.0 Å². The van der Waals surface area contributed by atoms with E-state index in [1.807, 2.05) is 38.7 Å². The molecule has 2 saturated heterocycles. The van der Waals surface area contributed by atoms with Crippen molar-refractivity contribution in [2.45, 2.75) is 97.0 Å². The van der Waals surface area contributed by atoms with Crippen molar-refractivity contribution in [2.75, 3.05) is 39.9 Å². The molecule has 2 fully saturated rings. The average Bonchev–Trinajstić information content (AvgIpc) is 2.97. The first kappa shape index (κ1) is 33.3. The van der Waals surface area contributed by atoms with Crippen LogP contribution in [-0.4, -0.2) is 84.0 Å². The van der Waals surface area contributed by atoms with Gasteiger partial charge in [0.2, 0.25) is 5.91 Å². The predicted octanol–water partition coefficient (Wildman–Crippen LogP) is 5.14. The number of ketones is 1. The number of pyridine rings is 1. The number of nitrogens with zero attached hydrogens (tertiary/aromatic N) is 3. The zero-order valence-corrected chi connectivity index (χ0v) is 26.1. The number of Topliss-reactive ketones (excluding diaryl/α,β-unsaturated/α-hetero) is 1. The van der Waals surface area contributed by atoms with E-state index in [1.165, 1.54) is 7.11 Å². The summed E-state index contributed by atoms with van der Waals surface area (Å²) in [6.45, 7) is 10.5. The Bertz CT molecular complexity index is 1060. The van der Waals surface area contributed by atoms with Gasteiger partial charge in [-0.1, -0.05) is 6.92 Å². The van der Waals surface area contributed by atoms with Gasteiger partial charge in [-0.05, 0) is 76.8 Å². The van der Waals surface area contributed by atoms with Crippen LogP contribution in [0.25, 0.3) is 0 Å². The highest BCUT2D eigenvalue weighted by molar-refractivity contribution is 5.84. The first-order valence-electron chi connectivity index (χ1n) is 15.4. The molecule has 0 spiro atoms. The molecular formula is C32H49N3O7. The number of aromatic nitrogens is 1. The number of piperidine rings is 2. The number of esters is 1. The monoisotopic (exact) mass is 587 g/mol. The summed E-state index contributed by atoms with van der Waals surface area (Å²) in [4.78, 5) is 59.0. The van der Waals surface area contributed by atoms with Gasteiger partial charge in [-0.3, -0.25) is 19.4 Å². The molecule has 2 atom stereocenters. The molecule has 10 heteroatoms. The molecule has 2 aliphatic rings. The van der Waals surface area contributed by atoms with Crippen LogP contribution >= 0.6 is 0 Å². The largest absolute Gasteiger partial charge is 0.492 e. The minimum Gasteiger partial charge on any atom is -0.492 e. The second kappa shape index (κ2) is 15.9. The van der Waals surface area contributed by atoms with E-state index in [0.717, 1.165) is 44.1 Å². The van der Waals surface area contributed by atoms with Gasteiger partial charge in [0, 0.05) is 57.1 Å². The van der Waals surface area contributed by atoms with E-state index in [-0.39, 0.29) is 48.4 Å². The zero-order valence-electron chi connectivity index (χ0n) is 26.1. The van der Waals surface area contributed by atoms with Gasteiger partial charge in [0.15, 0.2) is 0 Å². The molecule has 234 valence electrons. The number of hydrogen-bond donors (Lipinski definition) is 0. The lowest BCUT2D eigenvalue weighted by atomic mass is 9.84. The van der Waals surface area contributed by atoms with Gasteiger partial charge in [-0.15, -0.1) is 0 Å². The number of rotatable bonds is 12. The SMILES string of the molecule is CCCOc1cncc([C@H](CC(=O)OC)CC(=O)[C@@H]2CCCN(C(=O)CCC3CCN(C(=O)OC(C)(C)C)CC3)C2)c1. The maximum absolute atomic E-state index is 13.5. The summed E-state index contributed by atoms with van der Waals surface area (Å²) in [5.41, 5.74) is 0.255. The van der Waals surface area contributed by atoms with E-state index >= 15 is 0 Å². The minimum absolute atomic E-state index is 0.0517. The van der Waals surface area contributed by atoms with Crippen molar-refractivity contribution < 1.29 is 33.4 Å². The third-order valence-electron chi connectivity index (χ3n) is 8.03. The highest BCUT2D eigenvalue weighted by Gasteiger charge is 2.32. The van der Waals surface area contributed by atoms with Gasteiger partial charge in [-0.25, -0.2) is 4.79 Å². The van der Waals surface area contributed by atoms with Crippen molar-refractivity contribution in [2.24, 2.45) is 11.8 Å². The molecule has 0 saturated carbocycles. The Morgan fingerprint density at radius 2 is 1.76 bits per heavy atom. The normalized spacial score (nSPS) is 18.7. The van der Waals surface area contributed by atoms with Crippen molar-refractivity contribution >= 4 is 23.8 Å². The molecule has 0 radical (unpaired) electrons. The lowest BCUT2D eigenvalue weighted by Gasteiger charge is -2.35. The maximum Gasteiger partial charge on any atom is 0.410 e. The number of hydrogen-bond acceptors (Lipinski definition) is 8. The van der Waals surface area contributed by atoms with Crippen LogP contribution in [0.5, 0.6) is 5.75 Å². The smallest absolute Gasteiger partial charge is 0.410 e. The van der Waals surface area contributed by atoms with Gasteiger partial charge in [-0.2, -0.15) is 0 Å². The van der Waals surface area contributed by atoms with Gasteiger partial charge in [0.25, 0.3) is 0 Å². The number of carbonyl (C=O) groups excluding carboxylic acids is 4. The molecule has 3 heterocycles. The van der Waals surface area contributed by atoms with Crippen LogP contribution in [0.2, 0.25) is 0 Å². The fourth-order valence-corrected chi connectivity index (χ4v) is 5.64.